The second-order valence-corrected chi connectivity index (χ2v) is 5.36. The molecule has 0 atom stereocenters. The number of aromatic nitrogens is 3. The van der Waals surface area contributed by atoms with Gasteiger partial charge in [0.1, 0.15) is 5.76 Å². The number of hydrogen-bond donors (Lipinski definition) is 2. The van der Waals surface area contributed by atoms with Crippen molar-refractivity contribution in [2.75, 3.05) is 11.1 Å². The van der Waals surface area contributed by atoms with Gasteiger partial charge >= 0.3 is 5.97 Å². The molecule has 0 amide bonds. The maximum Gasteiger partial charge on any atom is 0.374 e. The van der Waals surface area contributed by atoms with Crippen LogP contribution >= 0.6 is 0 Å². The summed E-state index contributed by atoms with van der Waals surface area (Å²) >= 11 is 0. The van der Waals surface area contributed by atoms with Gasteiger partial charge in [0.25, 0.3) is 0 Å². The molecule has 0 aliphatic rings. The number of esters is 1. The molecule has 1 aromatic carbocycles. The topological polar surface area (TPSA) is 116 Å². The lowest BCUT2D eigenvalue weighted by molar-refractivity contribution is 0.0424. The number of hydrogen-bond acceptors (Lipinski definition) is 8. The maximum atomic E-state index is 11.9. The van der Waals surface area contributed by atoms with E-state index < -0.39 is 5.97 Å². The molecule has 8 nitrogen and oxygen atoms in total. The molecular weight excluding hydrogens is 322 g/mol. The van der Waals surface area contributed by atoms with Gasteiger partial charge < -0.3 is 20.2 Å². The van der Waals surface area contributed by atoms with Crippen LogP contribution in [0.5, 0.6) is 0 Å². The van der Waals surface area contributed by atoms with Crippen molar-refractivity contribution >= 4 is 23.6 Å². The first-order valence-electron chi connectivity index (χ1n) is 7.58. The number of benzene rings is 1. The van der Waals surface area contributed by atoms with Gasteiger partial charge in [-0.05, 0) is 37.6 Å². The molecule has 128 valence electrons. The Morgan fingerprint density at radius 1 is 1.16 bits per heavy atom. The second kappa shape index (κ2) is 7.00. The third-order valence-electron chi connectivity index (χ3n) is 3.36. The number of carbonyl (C=O) groups excluding carboxylic acids is 1. The highest BCUT2D eigenvalue weighted by Gasteiger charge is 2.13. The molecule has 2 aromatic heterocycles. The molecule has 25 heavy (non-hydrogen) atoms. The van der Waals surface area contributed by atoms with Crippen LogP contribution in [0.4, 0.5) is 17.6 Å². The molecule has 0 saturated heterocycles. The lowest BCUT2D eigenvalue weighted by Gasteiger charge is -2.09. The summed E-state index contributed by atoms with van der Waals surface area (Å²) in [6.07, 6.45) is 0. The van der Waals surface area contributed by atoms with Crippen molar-refractivity contribution in [1.82, 2.24) is 15.0 Å². The van der Waals surface area contributed by atoms with E-state index >= 15 is 0 Å². The molecule has 0 aliphatic carbocycles. The first-order valence-corrected chi connectivity index (χ1v) is 7.58. The molecule has 0 bridgehead atoms. The van der Waals surface area contributed by atoms with Crippen LogP contribution < -0.4 is 11.1 Å². The predicted molar refractivity (Wildman–Crippen MR) is 91.3 cm³/mol. The Morgan fingerprint density at radius 2 is 1.96 bits per heavy atom. The Bertz CT molecular complexity index is 907. The quantitative estimate of drug-likeness (QED) is 0.682. The highest BCUT2D eigenvalue weighted by molar-refractivity contribution is 5.86. The van der Waals surface area contributed by atoms with Crippen LogP contribution in [0.3, 0.4) is 0 Å². The van der Waals surface area contributed by atoms with Crippen LogP contribution in [0.2, 0.25) is 0 Å². The van der Waals surface area contributed by atoms with E-state index in [1.165, 1.54) is 0 Å². The standard InChI is InChI=1S/C17H17N5O3/c1-10-5-3-4-6-12(10)19-17-21-14(20-16(18)22-17)9-24-15(23)13-8-7-11(2)25-13/h3-8H,9H2,1-2H3,(H3,18,19,20,21,22). The summed E-state index contributed by atoms with van der Waals surface area (Å²) in [5, 5.41) is 3.07. The molecule has 8 heteroatoms. The van der Waals surface area contributed by atoms with Crippen molar-refractivity contribution in [1.29, 1.82) is 0 Å². The van der Waals surface area contributed by atoms with Gasteiger partial charge in [0, 0.05) is 5.69 Å². The summed E-state index contributed by atoms with van der Waals surface area (Å²) in [5.41, 5.74) is 7.59. The number of carbonyl (C=O) groups is 1. The van der Waals surface area contributed by atoms with Crippen molar-refractivity contribution in [3.63, 3.8) is 0 Å². The summed E-state index contributed by atoms with van der Waals surface area (Å²) in [6, 6.07) is 10.9. The fourth-order valence-corrected chi connectivity index (χ4v) is 2.14. The number of nitrogens with two attached hydrogens (primary N) is 1. The summed E-state index contributed by atoms with van der Waals surface area (Å²) in [5.74, 6) is 0.701. The van der Waals surface area contributed by atoms with Gasteiger partial charge in [0.05, 0.1) is 0 Å². The largest absolute Gasteiger partial charge is 0.454 e. The number of aryl methyl sites for hydroxylation is 2. The van der Waals surface area contributed by atoms with Crippen molar-refractivity contribution in [3.05, 3.63) is 59.3 Å². The van der Waals surface area contributed by atoms with Crippen LogP contribution in [0.25, 0.3) is 0 Å². The van der Waals surface area contributed by atoms with E-state index in [2.05, 4.69) is 20.3 Å². The third-order valence-corrected chi connectivity index (χ3v) is 3.36. The van der Waals surface area contributed by atoms with E-state index in [0.717, 1.165) is 11.3 Å². The normalized spacial score (nSPS) is 10.5. The Hall–Kier alpha value is -3.42. The van der Waals surface area contributed by atoms with Gasteiger partial charge in [0.15, 0.2) is 12.4 Å². The number of nitrogen functional groups attached to an aromatic ring is 1. The average molecular weight is 339 g/mol. The number of furan rings is 1. The first-order chi connectivity index (χ1) is 12.0. The van der Waals surface area contributed by atoms with E-state index in [-0.39, 0.29) is 30.1 Å². The van der Waals surface area contributed by atoms with Crippen molar-refractivity contribution in [3.8, 4) is 0 Å². The van der Waals surface area contributed by atoms with Gasteiger partial charge in [-0.1, -0.05) is 18.2 Å². The molecule has 0 spiro atoms. The minimum Gasteiger partial charge on any atom is -0.454 e. The molecular formula is C17H17N5O3. The number of nitrogens with one attached hydrogen (secondary N) is 1. The molecule has 3 rings (SSSR count). The van der Waals surface area contributed by atoms with E-state index in [1.807, 2.05) is 31.2 Å². The fourth-order valence-electron chi connectivity index (χ4n) is 2.14. The summed E-state index contributed by atoms with van der Waals surface area (Å²) in [7, 11) is 0. The fraction of sp³-hybridized carbons (Fsp3) is 0.176. The van der Waals surface area contributed by atoms with Crippen molar-refractivity contribution < 1.29 is 13.9 Å². The van der Waals surface area contributed by atoms with E-state index in [9.17, 15) is 4.79 Å². The SMILES string of the molecule is Cc1ccc(C(=O)OCc2nc(N)nc(Nc3ccccc3C)n2)o1. The summed E-state index contributed by atoms with van der Waals surface area (Å²) in [6.45, 7) is 3.56. The zero-order valence-corrected chi connectivity index (χ0v) is 13.8. The molecule has 0 radical (unpaired) electrons. The number of rotatable bonds is 5. The predicted octanol–water partition coefficient (Wildman–Crippen LogP) is 2.76. The molecule has 3 N–H and O–H groups in total. The van der Waals surface area contributed by atoms with Gasteiger partial charge in [-0.25, -0.2) is 4.79 Å². The summed E-state index contributed by atoms with van der Waals surface area (Å²) < 4.78 is 10.4. The minimum atomic E-state index is -0.597. The zero-order chi connectivity index (χ0) is 17.8. The van der Waals surface area contributed by atoms with Gasteiger partial charge in [0.2, 0.25) is 17.7 Å². The molecule has 2 heterocycles. The van der Waals surface area contributed by atoms with Crippen LogP contribution in [-0.2, 0) is 11.3 Å². The number of anilines is 3. The maximum absolute atomic E-state index is 11.9. The minimum absolute atomic E-state index is 0.0333. The Balaban J connectivity index is 1.71. The Morgan fingerprint density at radius 3 is 2.68 bits per heavy atom. The molecule has 0 fully saturated rings. The molecule has 0 aliphatic heterocycles. The highest BCUT2D eigenvalue weighted by atomic mass is 16.5. The number of para-hydroxylation sites is 1. The lowest BCUT2D eigenvalue weighted by Crippen LogP contribution is -2.11. The Kier molecular flexibility index (Phi) is 4.60. The van der Waals surface area contributed by atoms with Crippen LogP contribution in [0.1, 0.15) is 27.7 Å². The summed E-state index contributed by atoms with van der Waals surface area (Å²) in [4.78, 5) is 24.1. The molecule has 0 unspecified atom stereocenters. The van der Waals surface area contributed by atoms with Gasteiger partial charge in [-0.15, -0.1) is 0 Å². The molecule has 0 saturated carbocycles. The van der Waals surface area contributed by atoms with Crippen molar-refractivity contribution in [2.45, 2.75) is 20.5 Å². The van der Waals surface area contributed by atoms with E-state index in [1.54, 1.807) is 19.1 Å². The van der Waals surface area contributed by atoms with Crippen molar-refractivity contribution in [2.24, 2.45) is 0 Å². The monoisotopic (exact) mass is 339 g/mol. The van der Waals surface area contributed by atoms with E-state index in [0.29, 0.717) is 5.76 Å². The van der Waals surface area contributed by atoms with Gasteiger partial charge in [-0.3, -0.25) is 0 Å². The first kappa shape index (κ1) is 16.4. The van der Waals surface area contributed by atoms with Crippen LogP contribution in [0.15, 0.2) is 40.8 Å². The van der Waals surface area contributed by atoms with Crippen LogP contribution in [0, 0.1) is 13.8 Å². The Labute approximate surface area is 144 Å². The lowest BCUT2D eigenvalue weighted by atomic mass is 10.2. The van der Waals surface area contributed by atoms with E-state index in [4.69, 9.17) is 14.9 Å². The number of ether oxygens (including phenoxy) is 1. The highest BCUT2D eigenvalue weighted by Crippen LogP contribution is 2.18. The molecule has 3 aromatic rings. The third kappa shape index (κ3) is 4.11. The second-order valence-electron chi connectivity index (χ2n) is 5.36. The smallest absolute Gasteiger partial charge is 0.374 e. The number of nitrogens with zero attached hydrogens (tertiary/aromatic N) is 3. The zero-order valence-electron chi connectivity index (χ0n) is 13.8. The van der Waals surface area contributed by atoms with Gasteiger partial charge in [-0.2, -0.15) is 15.0 Å². The average Bonchev–Trinajstić information content (AvgIpc) is 3.01. The van der Waals surface area contributed by atoms with Crippen LogP contribution in [-0.4, -0.2) is 20.9 Å².